The molecule has 0 fully saturated rings. The van der Waals surface area contributed by atoms with Gasteiger partial charge in [0.25, 0.3) is 5.56 Å². The van der Waals surface area contributed by atoms with E-state index in [0.717, 1.165) is 10.4 Å². The van der Waals surface area contributed by atoms with Crippen LogP contribution in [0.4, 0.5) is 5.69 Å². The van der Waals surface area contributed by atoms with E-state index in [-0.39, 0.29) is 18.0 Å². The van der Waals surface area contributed by atoms with Crippen LogP contribution in [0.5, 0.6) is 0 Å². The summed E-state index contributed by atoms with van der Waals surface area (Å²) in [5, 5.41) is 5.66. The maximum Gasteiger partial charge on any atom is 0.263 e. The Morgan fingerprint density at radius 3 is 2.81 bits per heavy atom. The van der Waals surface area contributed by atoms with Crippen molar-refractivity contribution in [2.75, 3.05) is 5.32 Å². The van der Waals surface area contributed by atoms with Gasteiger partial charge in [0.15, 0.2) is 0 Å². The number of aryl methyl sites for hydroxylation is 1. The first-order valence-corrected chi connectivity index (χ1v) is 10.2. The molecule has 0 aliphatic heterocycles. The molecule has 27 heavy (non-hydrogen) atoms. The van der Waals surface area contributed by atoms with Crippen LogP contribution in [0.1, 0.15) is 4.88 Å². The zero-order valence-corrected chi connectivity index (χ0v) is 16.6. The largest absolute Gasteiger partial charge is 0.323 e. The molecule has 0 unspecified atom stereocenters. The van der Waals surface area contributed by atoms with E-state index in [4.69, 9.17) is 11.6 Å². The molecule has 1 amide bonds. The Morgan fingerprint density at radius 2 is 2.07 bits per heavy atom. The van der Waals surface area contributed by atoms with Crippen LogP contribution in [-0.2, 0) is 11.3 Å². The molecule has 3 heterocycles. The molecule has 3 aromatic heterocycles. The molecule has 1 aromatic carbocycles. The third-order valence-electron chi connectivity index (χ3n) is 4.03. The number of aromatic nitrogens is 2. The monoisotopic (exact) mass is 415 g/mol. The number of halogens is 1. The first kappa shape index (κ1) is 17.9. The van der Waals surface area contributed by atoms with Gasteiger partial charge in [-0.15, -0.1) is 22.7 Å². The molecule has 0 saturated carbocycles. The van der Waals surface area contributed by atoms with E-state index in [1.54, 1.807) is 35.6 Å². The molecule has 0 radical (unpaired) electrons. The SMILES string of the molecule is Cc1ccc(-c2csc3ncn(CC(=O)Nc4ccccc4Cl)c(=O)c23)s1. The summed E-state index contributed by atoms with van der Waals surface area (Å²) >= 11 is 9.12. The molecular weight excluding hydrogens is 402 g/mol. The highest BCUT2D eigenvalue weighted by atomic mass is 35.5. The lowest BCUT2D eigenvalue weighted by atomic mass is 10.2. The quantitative estimate of drug-likeness (QED) is 0.521. The normalized spacial score (nSPS) is 11.0. The van der Waals surface area contributed by atoms with E-state index in [0.29, 0.717) is 20.9 Å². The predicted molar refractivity (Wildman–Crippen MR) is 112 cm³/mol. The van der Waals surface area contributed by atoms with Crippen molar-refractivity contribution >= 4 is 56.1 Å². The number of carbonyl (C=O) groups excluding carboxylic acids is 1. The van der Waals surface area contributed by atoms with Crippen LogP contribution in [0, 0.1) is 6.92 Å². The van der Waals surface area contributed by atoms with E-state index in [1.807, 2.05) is 24.4 Å². The number of nitrogens with one attached hydrogen (secondary N) is 1. The molecule has 8 heteroatoms. The summed E-state index contributed by atoms with van der Waals surface area (Å²) < 4.78 is 1.32. The van der Waals surface area contributed by atoms with E-state index in [2.05, 4.69) is 10.3 Å². The molecule has 0 atom stereocenters. The third-order valence-corrected chi connectivity index (χ3v) is 6.28. The topological polar surface area (TPSA) is 64.0 Å². The molecule has 5 nitrogen and oxygen atoms in total. The van der Waals surface area contributed by atoms with Gasteiger partial charge in [0.1, 0.15) is 11.4 Å². The van der Waals surface area contributed by atoms with Crippen molar-refractivity contribution in [1.29, 1.82) is 0 Å². The number of anilines is 1. The molecule has 0 spiro atoms. The zero-order valence-electron chi connectivity index (χ0n) is 14.2. The number of thiophene rings is 2. The second kappa shape index (κ2) is 7.26. The minimum absolute atomic E-state index is 0.133. The number of amides is 1. The van der Waals surface area contributed by atoms with Crippen LogP contribution in [0.3, 0.4) is 0 Å². The second-order valence-corrected chi connectivity index (χ2v) is 8.50. The van der Waals surface area contributed by atoms with Crippen molar-refractivity contribution in [1.82, 2.24) is 9.55 Å². The van der Waals surface area contributed by atoms with Crippen molar-refractivity contribution in [2.24, 2.45) is 0 Å². The van der Waals surface area contributed by atoms with E-state index < -0.39 is 0 Å². The van der Waals surface area contributed by atoms with Gasteiger partial charge in [0.2, 0.25) is 5.91 Å². The average molecular weight is 416 g/mol. The van der Waals surface area contributed by atoms with Gasteiger partial charge >= 0.3 is 0 Å². The van der Waals surface area contributed by atoms with E-state index >= 15 is 0 Å². The van der Waals surface area contributed by atoms with Gasteiger partial charge in [0.05, 0.1) is 22.4 Å². The van der Waals surface area contributed by atoms with Crippen molar-refractivity contribution in [3.05, 3.63) is 68.4 Å². The first-order chi connectivity index (χ1) is 13.0. The van der Waals surface area contributed by atoms with Gasteiger partial charge in [-0.25, -0.2) is 4.98 Å². The number of rotatable bonds is 4. The summed E-state index contributed by atoms with van der Waals surface area (Å²) in [5.41, 5.74) is 1.15. The number of hydrogen-bond acceptors (Lipinski definition) is 5. The number of para-hydroxylation sites is 1. The number of hydrogen-bond donors (Lipinski definition) is 1. The summed E-state index contributed by atoms with van der Waals surface area (Å²) in [5.74, 6) is -0.338. The van der Waals surface area contributed by atoms with Gasteiger partial charge < -0.3 is 5.32 Å². The first-order valence-electron chi connectivity index (χ1n) is 8.11. The summed E-state index contributed by atoms with van der Waals surface area (Å²) in [6, 6.07) is 11.0. The Kier molecular flexibility index (Phi) is 4.82. The van der Waals surface area contributed by atoms with Gasteiger partial charge in [-0.2, -0.15) is 0 Å². The molecule has 0 bridgehead atoms. The Bertz CT molecular complexity index is 1210. The van der Waals surface area contributed by atoms with Crippen LogP contribution in [0.15, 0.2) is 52.9 Å². The van der Waals surface area contributed by atoms with Crippen LogP contribution in [0.2, 0.25) is 5.02 Å². The van der Waals surface area contributed by atoms with Gasteiger partial charge in [0, 0.05) is 20.7 Å². The molecule has 0 saturated heterocycles. The lowest BCUT2D eigenvalue weighted by Gasteiger charge is -2.08. The van der Waals surface area contributed by atoms with Crippen LogP contribution in [0.25, 0.3) is 20.7 Å². The Morgan fingerprint density at radius 1 is 1.26 bits per heavy atom. The fraction of sp³-hybridized carbons (Fsp3) is 0.105. The van der Waals surface area contributed by atoms with Crippen molar-refractivity contribution in [2.45, 2.75) is 13.5 Å². The number of benzene rings is 1. The fourth-order valence-corrected chi connectivity index (χ4v) is 4.79. The highest BCUT2D eigenvalue weighted by Gasteiger charge is 2.16. The maximum absolute atomic E-state index is 13.0. The van der Waals surface area contributed by atoms with E-state index in [1.165, 1.54) is 27.1 Å². The van der Waals surface area contributed by atoms with Crippen molar-refractivity contribution in [3.63, 3.8) is 0 Å². The number of nitrogens with zero attached hydrogens (tertiary/aromatic N) is 2. The number of carbonyl (C=O) groups is 1. The molecule has 1 N–H and O–H groups in total. The Balaban J connectivity index is 1.67. The van der Waals surface area contributed by atoms with Crippen LogP contribution in [-0.4, -0.2) is 15.5 Å². The minimum Gasteiger partial charge on any atom is -0.323 e. The van der Waals surface area contributed by atoms with Gasteiger partial charge in [-0.1, -0.05) is 23.7 Å². The smallest absolute Gasteiger partial charge is 0.263 e. The lowest BCUT2D eigenvalue weighted by Crippen LogP contribution is -2.27. The van der Waals surface area contributed by atoms with E-state index in [9.17, 15) is 9.59 Å². The average Bonchev–Trinajstić information content (AvgIpc) is 3.26. The highest BCUT2D eigenvalue weighted by molar-refractivity contribution is 7.19. The molecular formula is C19H14ClN3O2S2. The number of fused-ring (bicyclic) bond motifs is 1. The molecule has 0 aliphatic rings. The molecule has 0 aliphatic carbocycles. The third kappa shape index (κ3) is 3.53. The van der Waals surface area contributed by atoms with Crippen LogP contribution < -0.4 is 10.9 Å². The van der Waals surface area contributed by atoms with Crippen molar-refractivity contribution in [3.8, 4) is 10.4 Å². The minimum atomic E-state index is -0.338. The summed E-state index contributed by atoms with van der Waals surface area (Å²) in [4.78, 5) is 32.6. The van der Waals surface area contributed by atoms with Crippen molar-refractivity contribution < 1.29 is 4.79 Å². The van der Waals surface area contributed by atoms with Gasteiger partial charge in [-0.3, -0.25) is 14.2 Å². The lowest BCUT2D eigenvalue weighted by molar-refractivity contribution is -0.116. The molecule has 4 aromatic rings. The predicted octanol–water partition coefficient (Wildman–Crippen LogP) is 4.79. The highest BCUT2D eigenvalue weighted by Crippen LogP contribution is 2.34. The fourth-order valence-electron chi connectivity index (χ4n) is 2.75. The second-order valence-electron chi connectivity index (χ2n) is 5.95. The Labute approximate surface area is 167 Å². The maximum atomic E-state index is 13.0. The Hall–Kier alpha value is -2.48. The summed E-state index contributed by atoms with van der Waals surface area (Å²) in [6.45, 7) is 1.89. The molecule has 4 rings (SSSR count). The summed E-state index contributed by atoms with van der Waals surface area (Å²) in [7, 11) is 0. The zero-order chi connectivity index (χ0) is 19.0. The summed E-state index contributed by atoms with van der Waals surface area (Å²) in [6.07, 6.45) is 1.41. The van der Waals surface area contributed by atoms with Gasteiger partial charge in [-0.05, 0) is 31.2 Å². The molecule has 136 valence electrons. The standard InChI is InChI=1S/C19H14ClN3O2S2/c1-11-6-7-15(27-11)12-9-26-18-17(12)19(25)23(10-21-18)8-16(24)22-14-5-3-2-4-13(14)20/h2-7,9-10H,8H2,1H3,(H,22,24). The van der Waals surface area contributed by atoms with Crippen LogP contribution >= 0.6 is 34.3 Å².